The summed E-state index contributed by atoms with van der Waals surface area (Å²) < 4.78 is 0. The molecule has 0 atom stereocenters. The number of aryl methyl sites for hydroxylation is 2. The molecule has 2 aromatic heterocycles. The van der Waals surface area contributed by atoms with E-state index in [0.29, 0.717) is 0 Å². The zero-order valence-corrected chi connectivity index (χ0v) is 12.8. The van der Waals surface area contributed by atoms with E-state index >= 15 is 0 Å². The van der Waals surface area contributed by atoms with Crippen molar-refractivity contribution in [1.82, 2.24) is 9.97 Å². The monoisotopic (exact) mass is 286 g/mol. The number of benzene rings is 2. The van der Waals surface area contributed by atoms with Crippen molar-refractivity contribution in [2.75, 3.05) is 0 Å². The van der Waals surface area contributed by atoms with Crippen LogP contribution in [0.1, 0.15) is 11.1 Å². The molecule has 4 aromatic rings. The highest BCUT2D eigenvalue weighted by molar-refractivity contribution is 6.05. The summed E-state index contributed by atoms with van der Waals surface area (Å²) >= 11 is 0. The maximum Gasteiger partial charge on any atom is 0.0708 e. The second-order valence-electron chi connectivity index (χ2n) is 5.39. The number of fused-ring (bicyclic) bond motifs is 3. The third kappa shape index (κ3) is 3.12. The summed E-state index contributed by atoms with van der Waals surface area (Å²) in [5, 5.41) is 3.54. The second-order valence-corrected chi connectivity index (χ2v) is 5.39. The lowest BCUT2D eigenvalue weighted by Crippen LogP contribution is -1.80. The molecular weight excluding hydrogens is 268 g/mol. The van der Waals surface area contributed by atoms with Crippen molar-refractivity contribution in [3.8, 4) is 0 Å². The van der Waals surface area contributed by atoms with E-state index in [-0.39, 0.29) is 0 Å². The van der Waals surface area contributed by atoms with Gasteiger partial charge in [0.25, 0.3) is 0 Å². The average molecular weight is 286 g/mol. The van der Waals surface area contributed by atoms with Crippen LogP contribution in [0, 0.1) is 13.8 Å². The van der Waals surface area contributed by atoms with Crippen molar-refractivity contribution in [1.29, 1.82) is 0 Å². The molecule has 2 heteroatoms. The van der Waals surface area contributed by atoms with Gasteiger partial charge in [0, 0.05) is 29.4 Å². The van der Waals surface area contributed by atoms with Crippen LogP contribution in [0.15, 0.2) is 73.2 Å². The van der Waals surface area contributed by atoms with Crippen LogP contribution in [0.2, 0.25) is 0 Å². The van der Waals surface area contributed by atoms with Crippen LogP contribution in [0.3, 0.4) is 0 Å². The molecule has 22 heavy (non-hydrogen) atoms. The number of hydrogen-bond donors (Lipinski definition) is 0. The fourth-order valence-electron chi connectivity index (χ4n) is 2.36. The van der Waals surface area contributed by atoms with Gasteiger partial charge in [-0.3, -0.25) is 9.97 Å². The van der Waals surface area contributed by atoms with Gasteiger partial charge in [-0.25, -0.2) is 0 Å². The molecular formula is C20H18N2. The standard InChI is InChI=1S/C12H8N2.C8H10/c1-2-10-11-8-13-7-5-9(11)3-4-12(10)14-6-1;1-7-3-5-8(2)6-4-7/h1-8H;3-6H,1-2H3. The molecule has 0 radical (unpaired) electrons. The smallest absolute Gasteiger partial charge is 0.0708 e. The Bertz CT molecular complexity index is 820. The van der Waals surface area contributed by atoms with E-state index < -0.39 is 0 Å². The first-order chi connectivity index (χ1) is 10.7. The highest BCUT2D eigenvalue weighted by Crippen LogP contribution is 2.22. The van der Waals surface area contributed by atoms with Crippen LogP contribution in [0.4, 0.5) is 0 Å². The fourth-order valence-corrected chi connectivity index (χ4v) is 2.36. The highest BCUT2D eigenvalue weighted by atomic mass is 14.6. The molecule has 0 fully saturated rings. The van der Waals surface area contributed by atoms with Gasteiger partial charge in [0.15, 0.2) is 0 Å². The van der Waals surface area contributed by atoms with Crippen molar-refractivity contribution < 1.29 is 0 Å². The summed E-state index contributed by atoms with van der Waals surface area (Å²) in [5.74, 6) is 0. The van der Waals surface area contributed by atoms with Crippen LogP contribution in [0.25, 0.3) is 21.7 Å². The highest BCUT2D eigenvalue weighted by Gasteiger charge is 1.98. The van der Waals surface area contributed by atoms with E-state index in [1.807, 2.05) is 36.8 Å². The number of pyridine rings is 2. The molecule has 0 saturated heterocycles. The lowest BCUT2D eigenvalue weighted by atomic mass is 10.1. The minimum atomic E-state index is 1.02. The van der Waals surface area contributed by atoms with Crippen molar-refractivity contribution in [3.05, 3.63) is 84.3 Å². The Labute approximate surface area is 130 Å². The molecule has 2 nitrogen and oxygen atoms in total. The zero-order valence-electron chi connectivity index (χ0n) is 12.8. The number of nitrogens with zero attached hydrogens (tertiary/aromatic N) is 2. The summed E-state index contributed by atoms with van der Waals surface area (Å²) in [5.41, 5.74) is 3.68. The maximum absolute atomic E-state index is 4.30. The summed E-state index contributed by atoms with van der Waals surface area (Å²) in [6, 6.07) is 18.6. The molecule has 2 aromatic carbocycles. The Morgan fingerprint density at radius 3 is 2.14 bits per heavy atom. The van der Waals surface area contributed by atoms with Gasteiger partial charge in [0.2, 0.25) is 0 Å². The molecule has 0 bridgehead atoms. The van der Waals surface area contributed by atoms with Gasteiger partial charge in [-0.2, -0.15) is 0 Å². The molecule has 4 rings (SSSR count). The Hall–Kier alpha value is -2.74. The number of rotatable bonds is 0. The van der Waals surface area contributed by atoms with E-state index in [0.717, 1.165) is 16.3 Å². The minimum Gasteiger partial charge on any atom is -0.264 e. The van der Waals surface area contributed by atoms with Crippen LogP contribution in [-0.2, 0) is 0 Å². The Kier molecular flexibility index (Phi) is 4.10. The lowest BCUT2D eigenvalue weighted by Gasteiger charge is -2.00. The molecule has 0 aliphatic heterocycles. The van der Waals surface area contributed by atoms with Crippen molar-refractivity contribution in [3.63, 3.8) is 0 Å². The Morgan fingerprint density at radius 2 is 1.41 bits per heavy atom. The van der Waals surface area contributed by atoms with Crippen LogP contribution in [0.5, 0.6) is 0 Å². The van der Waals surface area contributed by atoms with Gasteiger partial charge in [0.05, 0.1) is 5.52 Å². The molecule has 0 N–H and O–H groups in total. The van der Waals surface area contributed by atoms with Crippen LogP contribution in [-0.4, -0.2) is 9.97 Å². The molecule has 108 valence electrons. The Morgan fingerprint density at radius 1 is 0.682 bits per heavy atom. The number of hydrogen-bond acceptors (Lipinski definition) is 2. The molecule has 0 saturated carbocycles. The van der Waals surface area contributed by atoms with Crippen molar-refractivity contribution in [2.24, 2.45) is 0 Å². The third-order valence-corrected chi connectivity index (χ3v) is 3.62. The van der Waals surface area contributed by atoms with Crippen LogP contribution >= 0.6 is 0 Å². The van der Waals surface area contributed by atoms with Crippen molar-refractivity contribution >= 4 is 21.7 Å². The first-order valence-electron chi connectivity index (χ1n) is 7.35. The molecule has 2 heterocycles. The SMILES string of the molecule is Cc1ccc(C)cc1.c1cnc2ccc3ccncc3c2c1. The van der Waals surface area contributed by atoms with Gasteiger partial charge in [-0.1, -0.05) is 47.5 Å². The average Bonchev–Trinajstić information content (AvgIpc) is 2.58. The predicted octanol–water partition coefficient (Wildman–Crippen LogP) is 5.09. The topological polar surface area (TPSA) is 25.8 Å². The van der Waals surface area contributed by atoms with E-state index in [9.17, 15) is 0 Å². The van der Waals surface area contributed by atoms with Crippen molar-refractivity contribution in [2.45, 2.75) is 13.8 Å². The van der Waals surface area contributed by atoms with E-state index in [2.05, 4.69) is 60.2 Å². The Balaban J connectivity index is 0.000000154. The summed E-state index contributed by atoms with van der Waals surface area (Å²) in [6.45, 7) is 4.19. The van der Waals surface area contributed by atoms with Gasteiger partial charge in [0.1, 0.15) is 0 Å². The molecule has 0 aliphatic carbocycles. The van der Waals surface area contributed by atoms with Crippen LogP contribution < -0.4 is 0 Å². The molecule has 0 unspecified atom stereocenters. The quantitative estimate of drug-likeness (QED) is 0.421. The van der Waals surface area contributed by atoms with Gasteiger partial charge in [-0.05, 0) is 37.4 Å². The third-order valence-electron chi connectivity index (χ3n) is 3.62. The van der Waals surface area contributed by atoms with Gasteiger partial charge < -0.3 is 0 Å². The normalized spacial score (nSPS) is 10.3. The summed E-state index contributed by atoms with van der Waals surface area (Å²) in [6.07, 6.45) is 5.51. The number of aromatic nitrogens is 2. The zero-order chi connectivity index (χ0) is 15.4. The largest absolute Gasteiger partial charge is 0.264 e. The molecule has 0 amide bonds. The summed E-state index contributed by atoms with van der Waals surface area (Å²) in [7, 11) is 0. The second kappa shape index (κ2) is 6.35. The minimum absolute atomic E-state index is 1.02. The first-order valence-corrected chi connectivity index (χ1v) is 7.35. The van der Waals surface area contributed by atoms with Gasteiger partial charge >= 0.3 is 0 Å². The predicted molar refractivity (Wildman–Crippen MR) is 93.0 cm³/mol. The maximum atomic E-state index is 4.30. The lowest BCUT2D eigenvalue weighted by molar-refractivity contribution is 1.36. The van der Waals surface area contributed by atoms with E-state index in [1.165, 1.54) is 16.5 Å². The van der Waals surface area contributed by atoms with E-state index in [4.69, 9.17) is 0 Å². The summed E-state index contributed by atoms with van der Waals surface area (Å²) in [4.78, 5) is 8.44. The first kappa shape index (κ1) is 14.2. The van der Waals surface area contributed by atoms with Gasteiger partial charge in [-0.15, -0.1) is 0 Å². The fraction of sp³-hybridized carbons (Fsp3) is 0.100. The van der Waals surface area contributed by atoms with E-state index in [1.54, 1.807) is 0 Å². The molecule has 0 aliphatic rings. The molecule has 0 spiro atoms.